The third kappa shape index (κ3) is 38.8. The summed E-state index contributed by atoms with van der Waals surface area (Å²) in [5.74, 6) is -0.286. The van der Waals surface area contributed by atoms with Gasteiger partial charge in [-0.05, 0) is 122 Å². The van der Waals surface area contributed by atoms with Crippen LogP contribution in [-0.4, -0.2) is 140 Å². The number of rotatable bonds is 50. The first-order valence-electron chi connectivity index (χ1n) is 32.7. The molecular formula is C72H115NO13. The number of hydrogen-bond acceptors (Lipinski definition) is 13. The molecule has 0 aliphatic carbocycles. The number of carbonyl (C=O) groups is 1. The summed E-state index contributed by atoms with van der Waals surface area (Å²) >= 11 is 0. The Morgan fingerprint density at radius 3 is 1.28 bits per heavy atom. The van der Waals surface area contributed by atoms with Gasteiger partial charge in [-0.1, -0.05) is 223 Å². The van der Waals surface area contributed by atoms with E-state index in [1.165, 1.54) is 44.9 Å². The van der Waals surface area contributed by atoms with Crippen LogP contribution in [0.5, 0.6) is 0 Å². The van der Waals surface area contributed by atoms with E-state index in [4.69, 9.17) is 18.9 Å². The molecule has 12 unspecified atom stereocenters. The van der Waals surface area contributed by atoms with Crippen molar-refractivity contribution >= 4 is 5.91 Å². The van der Waals surface area contributed by atoms with E-state index in [0.29, 0.717) is 12.8 Å². The van der Waals surface area contributed by atoms with E-state index < -0.39 is 86.8 Å². The molecular weight excluding hydrogens is 1090 g/mol. The fourth-order valence-electron chi connectivity index (χ4n) is 9.47. The number of ether oxygens (including phenoxy) is 4. The van der Waals surface area contributed by atoms with Crippen LogP contribution in [0.3, 0.4) is 0 Å². The highest BCUT2D eigenvalue weighted by Gasteiger charge is 2.51. The smallest absolute Gasteiger partial charge is 0.220 e. The minimum Gasteiger partial charge on any atom is -0.394 e. The number of carbonyl (C=O) groups excluding carboxylic acids is 1. The quantitative estimate of drug-likeness (QED) is 0.0204. The maximum Gasteiger partial charge on any atom is 0.220 e. The molecule has 486 valence electrons. The van der Waals surface area contributed by atoms with Crippen molar-refractivity contribution in [3.05, 3.63) is 158 Å². The lowest BCUT2D eigenvalue weighted by Crippen LogP contribution is -2.65. The highest BCUT2D eigenvalue weighted by atomic mass is 16.7. The lowest BCUT2D eigenvalue weighted by molar-refractivity contribution is -0.359. The Morgan fingerprint density at radius 2 is 0.814 bits per heavy atom. The first kappa shape index (κ1) is 77.7. The molecule has 14 heteroatoms. The predicted molar refractivity (Wildman–Crippen MR) is 350 cm³/mol. The lowest BCUT2D eigenvalue weighted by atomic mass is 9.97. The molecule has 86 heavy (non-hydrogen) atoms. The number of allylic oxidation sites excluding steroid dienone is 25. The Hall–Kier alpha value is -4.39. The molecule has 2 rings (SSSR count). The maximum atomic E-state index is 13.3. The van der Waals surface area contributed by atoms with E-state index >= 15 is 0 Å². The van der Waals surface area contributed by atoms with Gasteiger partial charge in [-0.3, -0.25) is 4.79 Å². The molecule has 12 atom stereocenters. The van der Waals surface area contributed by atoms with Gasteiger partial charge >= 0.3 is 0 Å². The van der Waals surface area contributed by atoms with Crippen LogP contribution in [0.15, 0.2) is 158 Å². The molecule has 0 radical (unpaired) electrons. The molecule has 0 bridgehead atoms. The maximum absolute atomic E-state index is 13.3. The number of amides is 1. The molecule has 0 aromatic carbocycles. The number of unbranched alkanes of at least 4 members (excludes halogenated alkanes) is 13. The molecule has 14 nitrogen and oxygen atoms in total. The summed E-state index contributed by atoms with van der Waals surface area (Å²) in [6.45, 7) is 2.61. The molecule has 9 N–H and O–H groups in total. The van der Waals surface area contributed by atoms with Crippen LogP contribution in [-0.2, 0) is 23.7 Å². The molecule has 2 aliphatic heterocycles. The van der Waals surface area contributed by atoms with Gasteiger partial charge in [0.05, 0.1) is 32.0 Å². The molecule has 0 saturated carbocycles. The van der Waals surface area contributed by atoms with Crippen molar-refractivity contribution < 1.29 is 64.6 Å². The number of aliphatic hydroxyl groups is 8. The third-order valence-electron chi connectivity index (χ3n) is 14.7. The Bertz CT molecular complexity index is 2050. The average molecular weight is 1200 g/mol. The Labute approximate surface area is 518 Å². The molecule has 0 aromatic heterocycles. The molecule has 2 aliphatic rings. The Morgan fingerprint density at radius 1 is 0.430 bits per heavy atom. The van der Waals surface area contributed by atoms with Crippen molar-refractivity contribution in [2.75, 3.05) is 19.8 Å². The monoisotopic (exact) mass is 1200 g/mol. The van der Waals surface area contributed by atoms with Crippen LogP contribution < -0.4 is 5.32 Å². The van der Waals surface area contributed by atoms with Crippen LogP contribution >= 0.6 is 0 Å². The SMILES string of the molecule is CC/C=C\C/C=C\C/C=C\C/C=C\C/C=C\C/C=C\C/C=C\C/C=C\C/C=C\C/C=C\CCCCCCC(=O)NC(COC1OC(CO)C(OC2OC(CO)C(O)C(O)C2O)C(O)C1O)C(O)/C=C/CC/C=C/CC/C=C/CCCCCCCCC. The second kappa shape index (κ2) is 54.7. The third-order valence-corrected chi connectivity index (χ3v) is 14.7. The molecule has 2 saturated heterocycles. The average Bonchev–Trinajstić information content (AvgIpc) is 2.46. The van der Waals surface area contributed by atoms with Gasteiger partial charge in [0.2, 0.25) is 5.91 Å². The fraction of sp³-hybridized carbons (Fsp3) is 0.625. The summed E-state index contributed by atoms with van der Waals surface area (Å²) in [4.78, 5) is 13.3. The van der Waals surface area contributed by atoms with Crippen molar-refractivity contribution in [3.63, 3.8) is 0 Å². The Kier molecular flexibility index (Phi) is 49.5. The molecule has 1 amide bonds. The number of nitrogens with one attached hydrogen (secondary N) is 1. The van der Waals surface area contributed by atoms with Crippen LogP contribution in [0, 0.1) is 0 Å². The van der Waals surface area contributed by atoms with Gasteiger partial charge in [-0.25, -0.2) is 0 Å². The first-order valence-corrected chi connectivity index (χ1v) is 32.7. The van der Waals surface area contributed by atoms with Crippen LogP contribution in [0.2, 0.25) is 0 Å². The molecule has 2 heterocycles. The van der Waals surface area contributed by atoms with Gasteiger partial charge in [0.15, 0.2) is 12.6 Å². The Balaban J connectivity index is 1.73. The predicted octanol–water partition coefficient (Wildman–Crippen LogP) is 12.7. The van der Waals surface area contributed by atoms with E-state index in [2.05, 4.69) is 165 Å². The van der Waals surface area contributed by atoms with Gasteiger partial charge in [0, 0.05) is 6.42 Å². The van der Waals surface area contributed by atoms with Crippen LogP contribution in [0.1, 0.15) is 194 Å². The van der Waals surface area contributed by atoms with Crippen molar-refractivity contribution in [3.8, 4) is 0 Å². The van der Waals surface area contributed by atoms with Crippen molar-refractivity contribution in [2.45, 2.75) is 267 Å². The first-order chi connectivity index (χ1) is 42.1. The van der Waals surface area contributed by atoms with E-state index in [9.17, 15) is 45.6 Å². The highest BCUT2D eigenvalue weighted by molar-refractivity contribution is 5.76. The summed E-state index contributed by atoms with van der Waals surface area (Å²) in [6, 6.07) is -0.965. The van der Waals surface area contributed by atoms with Gasteiger partial charge in [0.25, 0.3) is 0 Å². The zero-order valence-corrected chi connectivity index (χ0v) is 52.5. The largest absolute Gasteiger partial charge is 0.394 e. The topological polar surface area (TPSA) is 228 Å². The van der Waals surface area contributed by atoms with E-state index in [1.807, 2.05) is 6.08 Å². The van der Waals surface area contributed by atoms with Crippen molar-refractivity contribution in [2.24, 2.45) is 0 Å². The zero-order chi connectivity index (χ0) is 62.3. The fourth-order valence-corrected chi connectivity index (χ4v) is 9.47. The second-order valence-electron chi connectivity index (χ2n) is 22.1. The lowest BCUT2D eigenvalue weighted by Gasteiger charge is -2.46. The normalized spacial score (nSPS) is 24.5. The van der Waals surface area contributed by atoms with Crippen LogP contribution in [0.4, 0.5) is 0 Å². The molecule has 0 aromatic rings. The van der Waals surface area contributed by atoms with Gasteiger partial charge in [-0.2, -0.15) is 0 Å². The van der Waals surface area contributed by atoms with Gasteiger partial charge in [-0.15, -0.1) is 0 Å². The number of aliphatic hydroxyl groups excluding tert-OH is 8. The minimum atomic E-state index is -1.80. The van der Waals surface area contributed by atoms with Gasteiger partial charge < -0.3 is 65.1 Å². The minimum absolute atomic E-state index is 0.229. The van der Waals surface area contributed by atoms with Crippen LogP contribution in [0.25, 0.3) is 0 Å². The van der Waals surface area contributed by atoms with Gasteiger partial charge in [0.1, 0.15) is 48.8 Å². The summed E-state index contributed by atoms with van der Waals surface area (Å²) in [6.07, 6.45) is 67.1. The summed E-state index contributed by atoms with van der Waals surface area (Å²) in [5.41, 5.74) is 0. The van der Waals surface area contributed by atoms with E-state index in [1.54, 1.807) is 6.08 Å². The standard InChI is InChI=1S/C72H115NO13/c1-3-5-7-9-11-13-15-17-19-21-22-23-24-25-26-27-28-29-30-31-32-33-34-35-36-37-38-40-42-44-46-48-50-52-54-56-64(77)73-60(61(76)55-53-51-49-47-45-43-41-39-20-18-16-14-12-10-8-6-4-2)59-83-71-69(82)67(80)70(63(58-75)85-71)86-72-68(81)66(79)65(78)62(57-74)84-72/h5,7,11,13,17,19-20,22-23,25-26,28-29,31-32,34-35,37-39,42,44-45,47,53,55,60-63,65-72,74-76,78-82H,3-4,6,8-10,12,14-16,18,21,24,27,30,33,36,40-41,43,46,48-52,54,56-59H2,1-2H3,(H,73,77)/b7-5-,13-11-,19-17-,23-22-,26-25-,29-28-,32-31-,35-34-,38-37-,39-20+,44-42-,47-45+,55-53+. The molecule has 2 fully saturated rings. The van der Waals surface area contributed by atoms with Crippen molar-refractivity contribution in [1.29, 1.82) is 0 Å². The molecule has 0 spiro atoms. The zero-order valence-electron chi connectivity index (χ0n) is 52.5. The summed E-state index contributed by atoms with van der Waals surface area (Å²) in [7, 11) is 0. The van der Waals surface area contributed by atoms with Crippen molar-refractivity contribution in [1.82, 2.24) is 5.32 Å². The van der Waals surface area contributed by atoms with E-state index in [0.717, 1.165) is 116 Å². The number of hydrogen-bond donors (Lipinski definition) is 9. The van der Waals surface area contributed by atoms with E-state index in [-0.39, 0.29) is 18.9 Å². The highest BCUT2D eigenvalue weighted by Crippen LogP contribution is 2.30. The second-order valence-corrected chi connectivity index (χ2v) is 22.1. The summed E-state index contributed by atoms with van der Waals surface area (Å²) < 4.78 is 22.8. The summed E-state index contributed by atoms with van der Waals surface area (Å²) in [5, 5.41) is 87.2.